The van der Waals surface area contributed by atoms with Gasteiger partial charge >= 0.3 is 5.97 Å². The molecule has 1 aliphatic carbocycles. The van der Waals surface area contributed by atoms with E-state index in [2.05, 4.69) is 10.3 Å². The number of oxazole rings is 1. The van der Waals surface area contributed by atoms with Crippen molar-refractivity contribution in [2.24, 2.45) is 0 Å². The van der Waals surface area contributed by atoms with Crippen LogP contribution in [0.25, 0.3) is 11.1 Å². The number of rotatable bonds is 3. The highest BCUT2D eigenvalue weighted by atomic mass is 16.4. The number of carboxylic acids is 1. The van der Waals surface area contributed by atoms with Gasteiger partial charge < -0.3 is 14.8 Å². The zero-order chi connectivity index (χ0) is 11.1. The van der Waals surface area contributed by atoms with E-state index in [0.29, 0.717) is 23.2 Å². The lowest BCUT2D eigenvalue weighted by molar-refractivity contribution is 0.0698. The van der Waals surface area contributed by atoms with Crippen LogP contribution in [0.2, 0.25) is 0 Å². The van der Waals surface area contributed by atoms with E-state index >= 15 is 0 Å². The molecule has 0 saturated heterocycles. The molecule has 0 radical (unpaired) electrons. The first-order valence-corrected chi connectivity index (χ1v) is 5.13. The van der Waals surface area contributed by atoms with Gasteiger partial charge in [-0.15, -0.1) is 0 Å². The van der Waals surface area contributed by atoms with Gasteiger partial charge in [0.2, 0.25) is 0 Å². The SMILES string of the molecule is O=C(O)c1cccc2nc(NC3CC3)oc12. The van der Waals surface area contributed by atoms with Gasteiger partial charge in [-0.3, -0.25) is 0 Å². The van der Waals surface area contributed by atoms with Crippen molar-refractivity contribution in [2.75, 3.05) is 5.32 Å². The predicted octanol–water partition coefficient (Wildman–Crippen LogP) is 2.10. The number of anilines is 1. The molecule has 1 saturated carbocycles. The van der Waals surface area contributed by atoms with Gasteiger partial charge in [-0.25, -0.2) is 4.79 Å². The molecule has 0 amide bonds. The monoisotopic (exact) mass is 218 g/mol. The minimum Gasteiger partial charge on any atom is -0.478 e. The Balaban J connectivity index is 2.07. The van der Waals surface area contributed by atoms with E-state index < -0.39 is 5.97 Å². The van der Waals surface area contributed by atoms with Crippen molar-refractivity contribution in [3.05, 3.63) is 23.8 Å². The van der Waals surface area contributed by atoms with Crippen LogP contribution in [0.5, 0.6) is 0 Å². The van der Waals surface area contributed by atoms with Crippen molar-refractivity contribution in [1.82, 2.24) is 4.98 Å². The molecule has 16 heavy (non-hydrogen) atoms. The van der Waals surface area contributed by atoms with Gasteiger partial charge in [0.15, 0.2) is 5.58 Å². The lowest BCUT2D eigenvalue weighted by atomic mass is 10.2. The van der Waals surface area contributed by atoms with Crippen molar-refractivity contribution in [3.63, 3.8) is 0 Å². The molecule has 5 heteroatoms. The lowest BCUT2D eigenvalue weighted by Crippen LogP contribution is -2.00. The molecule has 1 heterocycles. The first-order valence-electron chi connectivity index (χ1n) is 5.13. The summed E-state index contributed by atoms with van der Waals surface area (Å²) in [6.45, 7) is 0. The Hall–Kier alpha value is -2.04. The normalized spacial score (nSPS) is 15.2. The first-order chi connectivity index (χ1) is 7.74. The number of fused-ring (bicyclic) bond motifs is 1. The number of hydrogen-bond donors (Lipinski definition) is 2. The van der Waals surface area contributed by atoms with Gasteiger partial charge in [0.1, 0.15) is 11.1 Å². The highest BCUT2D eigenvalue weighted by Gasteiger charge is 2.23. The molecule has 0 aliphatic heterocycles. The number of aromatic carboxylic acids is 1. The molecule has 1 aromatic heterocycles. The Morgan fingerprint density at radius 2 is 2.31 bits per heavy atom. The Kier molecular flexibility index (Phi) is 1.86. The topological polar surface area (TPSA) is 75.4 Å². The van der Waals surface area contributed by atoms with Gasteiger partial charge in [0.25, 0.3) is 6.01 Å². The first kappa shape index (κ1) is 9.21. The lowest BCUT2D eigenvalue weighted by Gasteiger charge is -1.95. The standard InChI is InChI=1S/C11H10N2O3/c14-10(15)7-2-1-3-8-9(7)16-11(13-8)12-6-4-5-6/h1-3,6H,4-5H2,(H,12,13)(H,14,15). The van der Waals surface area contributed by atoms with Gasteiger partial charge in [0, 0.05) is 6.04 Å². The second-order valence-corrected chi connectivity index (χ2v) is 3.90. The number of carbonyl (C=O) groups is 1. The minimum absolute atomic E-state index is 0.147. The molecule has 2 N–H and O–H groups in total. The molecular weight excluding hydrogens is 208 g/mol. The van der Waals surface area contributed by atoms with E-state index in [-0.39, 0.29) is 5.56 Å². The molecule has 82 valence electrons. The summed E-state index contributed by atoms with van der Waals surface area (Å²) in [5, 5.41) is 12.1. The van der Waals surface area contributed by atoms with E-state index in [1.165, 1.54) is 6.07 Å². The van der Waals surface area contributed by atoms with Crippen molar-refractivity contribution in [1.29, 1.82) is 0 Å². The van der Waals surface area contributed by atoms with Crippen molar-refractivity contribution in [2.45, 2.75) is 18.9 Å². The predicted molar refractivity (Wildman–Crippen MR) is 57.6 cm³/mol. The van der Waals surface area contributed by atoms with Crippen LogP contribution in [-0.4, -0.2) is 22.1 Å². The molecule has 5 nitrogen and oxygen atoms in total. The summed E-state index contributed by atoms with van der Waals surface area (Å²) in [5.41, 5.74) is 1.05. The van der Waals surface area contributed by atoms with Crippen LogP contribution in [-0.2, 0) is 0 Å². The number of nitrogens with zero attached hydrogens (tertiary/aromatic N) is 1. The number of carboxylic acid groups (broad SMARTS) is 1. The van der Waals surface area contributed by atoms with Crippen LogP contribution in [0, 0.1) is 0 Å². The Morgan fingerprint density at radius 1 is 1.50 bits per heavy atom. The van der Waals surface area contributed by atoms with Crippen LogP contribution in [0.15, 0.2) is 22.6 Å². The van der Waals surface area contributed by atoms with E-state index in [0.717, 1.165) is 12.8 Å². The second kappa shape index (κ2) is 3.23. The Morgan fingerprint density at radius 3 is 3.00 bits per heavy atom. The maximum Gasteiger partial charge on any atom is 0.339 e. The Labute approximate surface area is 91.1 Å². The summed E-state index contributed by atoms with van der Waals surface area (Å²) in [4.78, 5) is 15.1. The fraction of sp³-hybridized carbons (Fsp3) is 0.273. The fourth-order valence-electron chi connectivity index (χ4n) is 1.58. The zero-order valence-electron chi connectivity index (χ0n) is 8.43. The van der Waals surface area contributed by atoms with Gasteiger partial charge in [0.05, 0.1) is 0 Å². The molecule has 1 aliphatic rings. The number of aromatic nitrogens is 1. The molecule has 0 atom stereocenters. The van der Waals surface area contributed by atoms with Gasteiger partial charge in [-0.1, -0.05) is 6.07 Å². The molecule has 0 spiro atoms. The third-order valence-corrected chi connectivity index (χ3v) is 2.55. The van der Waals surface area contributed by atoms with Crippen LogP contribution >= 0.6 is 0 Å². The number of hydrogen-bond acceptors (Lipinski definition) is 4. The average molecular weight is 218 g/mol. The van der Waals surface area contributed by atoms with Crippen molar-refractivity contribution >= 4 is 23.1 Å². The highest BCUT2D eigenvalue weighted by molar-refractivity contribution is 6.00. The molecule has 1 fully saturated rings. The quantitative estimate of drug-likeness (QED) is 0.825. The highest BCUT2D eigenvalue weighted by Crippen LogP contribution is 2.27. The number of benzene rings is 1. The van der Waals surface area contributed by atoms with Crippen molar-refractivity contribution < 1.29 is 14.3 Å². The smallest absolute Gasteiger partial charge is 0.339 e. The maximum atomic E-state index is 11.0. The second-order valence-electron chi connectivity index (χ2n) is 3.90. The third kappa shape index (κ3) is 1.50. The van der Waals surface area contributed by atoms with E-state index in [4.69, 9.17) is 9.52 Å². The third-order valence-electron chi connectivity index (χ3n) is 2.55. The molecule has 1 aromatic carbocycles. The van der Waals surface area contributed by atoms with E-state index in [9.17, 15) is 4.79 Å². The Bertz CT molecular complexity index is 557. The molecule has 3 rings (SSSR count). The maximum absolute atomic E-state index is 11.0. The van der Waals surface area contributed by atoms with Crippen LogP contribution in [0.1, 0.15) is 23.2 Å². The van der Waals surface area contributed by atoms with E-state index in [1.807, 2.05) is 0 Å². The largest absolute Gasteiger partial charge is 0.478 e. The summed E-state index contributed by atoms with van der Waals surface area (Å²) >= 11 is 0. The molecule has 0 unspecified atom stereocenters. The summed E-state index contributed by atoms with van der Waals surface area (Å²) < 4.78 is 5.41. The van der Waals surface area contributed by atoms with Crippen molar-refractivity contribution in [3.8, 4) is 0 Å². The average Bonchev–Trinajstić information content (AvgIpc) is 2.95. The van der Waals surface area contributed by atoms with Crippen LogP contribution in [0.3, 0.4) is 0 Å². The fourth-order valence-corrected chi connectivity index (χ4v) is 1.58. The number of nitrogens with one attached hydrogen (secondary N) is 1. The van der Waals surface area contributed by atoms with E-state index in [1.54, 1.807) is 12.1 Å². The summed E-state index contributed by atoms with van der Waals surface area (Å²) in [6, 6.07) is 5.75. The minimum atomic E-state index is -1.00. The molecular formula is C11H10N2O3. The summed E-state index contributed by atoms with van der Waals surface area (Å²) in [6.07, 6.45) is 2.23. The van der Waals surface area contributed by atoms with Crippen LogP contribution < -0.4 is 5.32 Å². The summed E-state index contributed by atoms with van der Waals surface area (Å²) in [7, 11) is 0. The molecule has 2 aromatic rings. The number of para-hydroxylation sites is 1. The van der Waals surface area contributed by atoms with Gasteiger partial charge in [-0.05, 0) is 25.0 Å². The molecule has 0 bridgehead atoms. The van der Waals surface area contributed by atoms with Crippen LogP contribution in [0.4, 0.5) is 6.01 Å². The van der Waals surface area contributed by atoms with Gasteiger partial charge in [-0.2, -0.15) is 4.98 Å². The zero-order valence-corrected chi connectivity index (χ0v) is 8.43. The summed E-state index contributed by atoms with van der Waals surface area (Å²) in [5.74, 6) is -1.00.